The second-order valence-corrected chi connectivity index (χ2v) is 3.14. The first kappa shape index (κ1) is 11.5. The van der Waals surface area contributed by atoms with E-state index in [1.807, 2.05) is 13.0 Å². The second-order valence-electron chi connectivity index (χ2n) is 3.14. The predicted molar refractivity (Wildman–Crippen MR) is 57.5 cm³/mol. The van der Waals surface area contributed by atoms with Crippen molar-refractivity contribution in [3.8, 4) is 0 Å². The highest BCUT2D eigenvalue weighted by atomic mass is 16.5. The SMILES string of the molecule is Cc1cnccc1NCCOCC(N)=O. The molecule has 0 atom stereocenters. The molecule has 0 saturated heterocycles. The van der Waals surface area contributed by atoms with Gasteiger partial charge in [-0.25, -0.2) is 0 Å². The molecular weight excluding hydrogens is 194 g/mol. The fourth-order valence-corrected chi connectivity index (χ4v) is 1.10. The molecule has 1 aromatic rings. The lowest BCUT2D eigenvalue weighted by Gasteiger charge is -2.08. The predicted octanol–water partition coefficient (Wildman–Crippen LogP) is 0.304. The molecule has 15 heavy (non-hydrogen) atoms. The normalized spacial score (nSPS) is 9.93. The molecule has 0 aliphatic rings. The molecule has 5 nitrogen and oxygen atoms in total. The van der Waals surface area contributed by atoms with Gasteiger partial charge in [0.25, 0.3) is 0 Å². The van der Waals surface area contributed by atoms with Gasteiger partial charge < -0.3 is 15.8 Å². The number of aryl methyl sites for hydroxylation is 1. The molecule has 5 heteroatoms. The van der Waals surface area contributed by atoms with Crippen LogP contribution in [-0.2, 0) is 9.53 Å². The Balaban J connectivity index is 2.21. The van der Waals surface area contributed by atoms with Gasteiger partial charge in [0.05, 0.1) is 6.61 Å². The fourth-order valence-electron chi connectivity index (χ4n) is 1.10. The molecule has 0 spiro atoms. The number of anilines is 1. The molecule has 1 heterocycles. The van der Waals surface area contributed by atoms with E-state index in [0.717, 1.165) is 11.3 Å². The number of pyridine rings is 1. The number of amides is 1. The number of aromatic nitrogens is 1. The van der Waals surface area contributed by atoms with E-state index in [1.54, 1.807) is 12.4 Å². The van der Waals surface area contributed by atoms with E-state index in [1.165, 1.54) is 0 Å². The second kappa shape index (κ2) is 5.98. The van der Waals surface area contributed by atoms with Gasteiger partial charge in [-0.1, -0.05) is 0 Å². The molecule has 0 radical (unpaired) electrons. The minimum atomic E-state index is -0.449. The number of primary amides is 1. The smallest absolute Gasteiger partial charge is 0.243 e. The van der Waals surface area contributed by atoms with Gasteiger partial charge in [-0.2, -0.15) is 0 Å². The van der Waals surface area contributed by atoms with Crippen molar-refractivity contribution < 1.29 is 9.53 Å². The fraction of sp³-hybridized carbons (Fsp3) is 0.400. The highest BCUT2D eigenvalue weighted by Gasteiger charge is 1.96. The number of nitrogens with zero attached hydrogens (tertiary/aromatic N) is 1. The third kappa shape index (κ3) is 4.42. The van der Waals surface area contributed by atoms with Gasteiger partial charge >= 0.3 is 0 Å². The summed E-state index contributed by atoms with van der Waals surface area (Å²) in [7, 11) is 0. The maximum Gasteiger partial charge on any atom is 0.243 e. The topological polar surface area (TPSA) is 77.2 Å². The molecule has 0 fully saturated rings. The minimum Gasteiger partial charge on any atom is -0.382 e. The molecular formula is C10H15N3O2. The summed E-state index contributed by atoms with van der Waals surface area (Å²) in [4.78, 5) is 14.3. The third-order valence-electron chi connectivity index (χ3n) is 1.83. The van der Waals surface area contributed by atoms with Crippen molar-refractivity contribution in [2.45, 2.75) is 6.92 Å². The largest absolute Gasteiger partial charge is 0.382 e. The monoisotopic (exact) mass is 209 g/mol. The standard InChI is InChI=1S/C10H15N3O2/c1-8-6-12-3-2-9(8)13-4-5-15-7-10(11)14/h2-3,6H,4-5,7H2,1H3,(H2,11,14)(H,12,13). The van der Waals surface area contributed by atoms with Crippen molar-refractivity contribution >= 4 is 11.6 Å². The summed E-state index contributed by atoms with van der Waals surface area (Å²) < 4.78 is 5.00. The Morgan fingerprint density at radius 3 is 3.13 bits per heavy atom. The van der Waals surface area contributed by atoms with Gasteiger partial charge in [-0.05, 0) is 18.6 Å². The summed E-state index contributed by atoms with van der Waals surface area (Å²) in [5.41, 5.74) is 7.01. The Morgan fingerprint density at radius 1 is 1.67 bits per heavy atom. The molecule has 0 bridgehead atoms. The average molecular weight is 209 g/mol. The lowest BCUT2D eigenvalue weighted by Crippen LogP contribution is -2.20. The van der Waals surface area contributed by atoms with Crippen molar-refractivity contribution in [1.29, 1.82) is 0 Å². The molecule has 0 aromatic carbocycles. The zero-order valence-corrected chi connectivity index (χ0v) is 8.69. The van der Waals surface area contributed by atoms with Crippen molar-refractivity contribution in [3.63, 3.8) is 0 Å². The van der Waals surface area contributed by atoms with Crippen LogP contribution in [0.4, 0.5) is 5.69 Å². The van der Waals surface area contributed by atoms with Crippen molar-refractivity contribution in [1.82, 2.24) is 4.98 Å². The van der Waals surface area contributed by atoms with Crippen LogP contribution in [0.1, 0.15) is 5.56 Å². The molecule has 1 aromatic heterocycles. The Morgan fingerprint density at radius 2 is 2.47 bits per heavy atom. The van der Waals surface area contributed by atoms with Gasteiger partial charge in [0.15, 0.2) is 0 Å². The quantitative estimate of drug-likeness (QED) is 0.661. The van der Waals surface area contributed by atoms with Gasteiger partial charge in [-0.3, -0.25) is 9.78 Å². The molecule has 0 unspecified atom stereocenters. The molecule has 1 amide bonds. The molecule has 0 aliphatic carbocycles. The van der Waals surface area contributed by atoms with Crippen LogP contribution in [0.25, 0.3) is 0 Å². The maximum atomic E-state index is 10.4. The first-order chi connectivity index (χ1) is 7.20. The Bertz CT molecular complexity index is 328. The van der Waals surface area contributed by atoms with Crippen molar-refractivity contribution in [2.75, 3.05) is 25.1 Å². The Labute approximate surface area is 88.6 Å². The summed E-state index contributed by atoms with van der Waals surface area (Å²) >= 11 is 0. The van der Waals surface area contributed by atoms with Crippen LogP contribution in [-0.4, -0.2) is 30.6 Å². The number of carbonyl (C=O) groups is 1. The summed E-state index contributed by atoms with van der Waals surface area (Å²) in [6.07, 6.45) is 3.51. The van der Waals surface area contributed by atoms with Crippen LogP contribution in [0.15, 0.2) is 18.5 Å². The number of carbonyl (C=O) groups excluding carboxylic acids is 1. The van der Waals surface area contributed by atoms with Crippen LogP contribution in [0.2, 0.25) is 0 Å². The number of ether oxygens (including phenoxy) is 1. The van der Waals surface area contributed by atoms with E-state index in [-0.39, 0.29) is 6.61 Å². The molecule has 1 rings (SSSR count). The average Bonchev–Trinajstić information content (AvgIpc) is 2.20. The zero-order chi connectivity index (χ0) is 11.1. The minimum absolute atomic E-state index is 0.0307. The molecule has 82 valence electrons. The molecule has 3 N–H and O–H groups in total. The summed E-state index contributed by atoms with van der Waals surface area (Å²) in [5.74, 6) is -0.449. The van der Waals surface area contributed by atoms with E-state index in [4.69, 9.17) is 10.5 Å². The Kier molecular flexibility index (Phi) is 4.56. The Hall–Kier alpha value is -1.62. The zero-order valence-electron chi connectivity index (χ0n) is 8.69. The maximum absolute atomic E-state index is 10.4. The number of hydrogen-bond acceptors (Lipinski definition) is 4. The van der Waals surface area contributed by atoms with Gasteiger partial charge in [0.2, 0.25) is 5.91 Å². The first-order valence-corrected chi connectivity index (χ1v) is 4.70. The van der Waals surface area contributed by atoms with E-state index in [2.05, 4.69) is 10.3 Å². The van der Waals surface area contributed by atoms with Gasteiger partial charge in [-0.15, -0.1) is 0 Å². The van der Waals surface area contributed by atoms with Gasteiger partial charge in [0, 0.05) is 24.6 Å². The van der Waals surface area contributed by atoms with Crippen molar-refractivity contribution in [3.05, 3.63) is 24.0 Å². The first-order valence-electron chi connectivity index (χ1n) is 4.70. The third-order valence-corrected chi connectivity index (χ3v) is 1.83. The van der Waals surface area contributed by atoms with Crippen molar-refractivity contribution in [2.24, 2.45) is 5.73 Å². The van der Waals surface area contributed by atoms with Crippen LogP contribution < -0.4 is 11.1 Å². The summed E-state index contributed by atoms with van der Waals surface area (Å²) in [6, 6.07) is 1.89. The van der Waals surface area contributed by atoms with Crippen LogP contribution in [0.3, 0.4) is 0 Å². The van der Waals surface area contributed by atoms with Crippen LogP contribution in [0, 0.1) is 6.92 Å². The van der Waals surface area contributed by atoms with Crippen LogP contribution in [0.5, 0.6) is 0 Å². The van der Waals surface area contributed by atoms with E-state index in [9.17, 15) is 4.79 Å². The number of hydrogen-bond donors (Lipinski definition) is 2. The number of rotatable bonds is 6. The summed E-state index contributed by atoms with van der Waals surface area (Å²) in [6.45, 7) is 3.03. The van der Waals surface area contributed by atoms with E-state index in [0.29, 0.717) is 13.2 Å². The molecule has 0 aliphatic heterocycles. The van der Waals surface area contributed by atoms with E-state index < -0.39 is 5.91 Å². The number of nitrogens with two attached hydrogens (primary N) is 1. The highest BCUT2D eigenvalue weighted by Crippen LogP contribution is 2.10. The molecule has 0 saturated carbocycles. The lowest BCUT2D eigenvalue weighted by molar-refractivity contribution is -0.122. The summed E-state index contributed by atoms with van der Waals surface area (Å²) in [5, 5.41) is 3.17. The van der Waals surface area contributed by atoms with E-state index >= 15 is 0 Å². The highest BCUT2D eigenvalue weighted by molar-refractivity contribution is 5.74. The van der Waals surface area contributed by atoms with Crippen LogP contribution >= 0.6 is 0 Å². The lowest BCUT2D eigenvalue weighted by atomic mass is 10.2. The number of nitrogens with one attached hydrogen (secondary N) is 1. The van der Waals surface area contributed by atoms with Gasteiger partial charge in [0.1, 0.15) is 6.61 Å².